The van der Waals surface area contributed by atoms with Gasteiger partial charge in [0.15, 0.2) is 0 Å². The molecule has 2 nitrogen and oxygen atoms in total. The first-order valence-corrected chi connectivity index (χ1v) is 2.70. The molecule has 2 heteroatoms. The largest absolute Gasteiger partial charge is 0.365 e. The van der Waals surface area contributed by atoms with Gasteiger partial charge in [0.25, 0.3) is 5.70 Å². The molecule has 0 saturated heterocycles. The Morgan fingerprint density at radius 1 is 1.75 bits per heavy atom. The second-order valence-corrected chi connectivity index (χ2v) is 2.02. The molecule has 0 fully saturated rings. The van der Waals surface area contributed by atoms with E-state index in [0.717, 1.165) is 12.2 Å². The maximum Gasteiger partial charge on any atom is 0.266 e. The van der Waals surface area contributed by atoms with Crippen molar-refractivity contribution in [3.8, 4) is 0 Å². The molecule has 1 aliphatic heterocycles. The van der Waals surface area contributed by atoms with Crippen LogP contribution >= 0.6 is 0 Å². The summed E-state index contributed by atoms with van der Waals surface area (Å²) in [5.74, 6) is 0. The van der Waals surface area contributed by atoms with Crippen molar-refractivity contribution in [2.45, 2.75) is 6.92 Å². The van der Waals surface area contributed by atoms with Gasteiger partial charge in [-0.15, -0.1) is 0 Å². The van der Waals surface area contributed by atoms with E-state index in [-0.39, 0.29) is 0 Å². The van der Waals surface area contributed by atoms with Crippen molar-refractivity contribution < 1.29 is 0 Å². The summed E-state index contributed by atoms with van der Waals surface area (Å²) in [4.78, 5) is 6.17. The first-order chi connectivity index (χ1) is 3.79. The topological polar surface area (TPSA) is 17.3 Å². The van der Waals surface area contributed by atoms with Crippen LogP contribution < -0.4 is 4.99 Å². The molecule has 0 aromatic carbocycles. The highest BCUT2D eigenvalue weighted by Gasteiger charge is 2.06. The van der Waals surface area contributed by atoms with Gasteiger partial charge in [-0.2, -0.15) is 0 Å². The zero-order valence-corrected chi connectivity index (χ0v) is 5.26. The van der Waals surface area contributed by atoms with Crippen molar-refractivity contribution in [3.63, 3.8) is 0 Å². The van der Waals surface area contributed by atoms with Gasteiger partial charge in [0.05, 0.1) is 11.2 Å². The van der Waals surface area contributed by atoms with E-state index in [0.29, 0.717) is 0 Å². The van der Waals surface area contributed by atoms with Gasteiger partial charge >= 0.3 is 0 Å². The fraction of sp³-hybridized carbons (Fsp3) is 0.500. The van der Waals surface area contributed by atoms with Gasteiger partial charge in [0.2, 0.25) is 6.21 Å². The van der Waals surface area contributed by atoms with Crippen molar-refractivity contribution in [1.29, 1.82) is 0 Å². The minimum Gasteiger partial charge on any atom is -0.365 e. The van der Waals surface area contributed by atoms with Crippen LogP contribution in [0.25, 0.3) is 0 Å². The molecule has 1 aliphatic rings. The summed E-state index contributed by atoms with van der Waals surface area (Å²) in [6.07, 6.45) is 3.94. The number of rotatable bonds is 0. The Morgan fingerprint density at radius 2 is 2.50 bits per heavy atom. The molecule has 0 N–H and O–H groups in total. The molecule has 1 radical (unpaired) electrons. The molecule has 0 bridgehead atoms. The first-order valence-electron chi connectivity index (χ1n) is 2.70. The summed E-state index contributed by atoms with van der Waals surface area (Å²) in [6.45, 7) is 2.93. The lowest BCUT2D eigenvalue weighted by Gasteiger charge is -2.07. The van der Waals surface area contributed by atoms with Gasteiger partial charge in [-0.25, -0.2) is 0 Å². The average Bonchev–Trinajstić information content (AvgIpc) is 1.64. The molecular weight excluding hydrogens is 100 g/mol. The quantitative estimate of drug-likeness (QED) is 0.435. The van der Waals surface area contributed by atoms with Crippen molar-refractivity contribution in [3.05, 3.63) is 11.9 Å². The Labute approximate surface area is 49.5 Å². The van der Waals surface area contributed by atoms with Crippen LogP contribution in [0.15, 0.2) is 11.9 Å². The molecule has 0 spiro atoms. The standard InChI is InChI=1S/C6H10N2/c1-6-5-8(2)4-3-7-6/h3,5H,4H2,1-2H3/q+1. The third kappa shape index (κ3) is 1.09. The van der Waals surface area contributed by atoms with Crippen LogP contribution in [-0.4, -0.2) is 24.7 Å². The lowest BCUT2D eigenvalue weighted by molar-refractivity contribution is 0.512. The third-order valence-electron chi connectivity index (χ3n) is 1.07. The predicted octanol–water partition coefficient (Wildman–Crippen LogP) is 0.200. The van der Waals surface area contributed by atoms with Crippen LogP contribution in [-0.2, 0) is 0 Å². The Bertz CT molecular complexity index is 135. The van der Waals surface area contributed by atoms with Crippen molar-refractivity contribution in [2.24, 2.45) is 0 Å². The number of hydrogen-bond donors (Lipinski definition) is 0. The number of hydrogen-bond acceptors (Lipinski definition) is 2. The van der Waals surface area contributed by atoms with Crippen LogP contribution in [0.5, 0.6) is 0 Å². The van der Waals surface area contributed by atoms with Gasteiger partial charge in [0, 0.05) is 14.0 Å². The van der Waals surface area contributed by atoms with Gasteiger partial charge < -0.3 is 4.90 Å². The monoisotopic (exact) mass is 110 g/mol. The highest BCUT2D eigenvalue weighted by atomic mass is 15.1. The van der Waals surface area contributed by atoms with Gasteiger partial charge in [0.1, 0.15) is 6.54 Å². The van der Waals surface area contributed by atoms with E-state index in [1.54, 1.807) is 0 Å². The summed E-state index contributed by atoms with van der Waals surface area (Å²) >= 11 is 0. The van der Waals surface area contributed by atoms with Crippen molar-refractivity contribution in [2.75, 3.05) is 13.6 Å². The zero-order valence-electron chi connectivity index (χ0n) is 5.26. The molecule has 0 atom stereocenters. The Morgan fingerprint density at radius 3 is 2.88 bits per heavy atom. The van der Waals surface area contributed by atoms with E-state index < -0.39 is 0 Å². The molecule has 0 aromatic rings. The summed E-state index contributed by atoms with van der Waals surface area (Å²) in [5.41, 5.74) is 1.08. The average molecular weight is 110 g/mol. The lowest BCUT2D eigenvalue weighted by Crippen LogP contribution is -2.20. The number of aliphatic imine (C=N–C) groups is 1. The number of nitrogens with zero attached hydrogens (tertiary/aromatic N) is 2. The fourth-order valence-electron chi connectivity index (χ4n) is 0.719. The van der Waals surface area contributed by atoms with E-state index in [1.165, 1.54) is 0 Å². The highest BCUT2D eigenvalue weighted by molar-refractivity contribution is 5.60. The maximum absolute atomic E-state index is 4.07. The number of allylic oxidation sites excluding steroid dienone is 1. The highest BCUT2D eigenvalue weighted by Crippen LogP contribution is 1.92. The smallest absolute Gasteiger partial charge is 0.266 e. The van der Waals surface area contributed by atoms with Crippen LogP contribution in [0.1, 0.15) is 6.92 Å². The third-order valence-corrected chi connectivity index (χ3v) is 1.07. The molecule has 0 amide bonds. The summed E-state index contributed by atoms with van der Waals surface area (Å²) in [7, 11) is 2.04. The van der Waals surface area contributed by atoms with Crippen LogP contribution in [0, 0.1) is 0 Å². The SMILES string of the molecule is CC1=CN(C)CC=[N+]1. The van der Waals surface area contributed by atoms with Gasteiger partial charge in [-0.05, 0) is 0 Å². The Kier molecular flexibility index (Phi) is 1.33. The molecular formula is C6H10N2+. The Hall–Kier alpha value is -0.790. The van der Waals surface area contributed by atoms with E-state index in [9.17, 15) is 0 Å². The Balaban J connectivity index is 2.63. The minimum absolute atomic E-state index is 0.942. The second-order valence-electron chi connectivity index (χ2n) is 2.02. The maximum atomic E-state index is 4.07. The molecule has 0 unspecified atom stereocenters. The predicted molar refractivity (Wildman–Crippen MR) is 34.6 cm³/mol. The van der Waals surface area contributed by atoms with Crippen molar-refractivity contribution in [1.82, 2.24) is 9.89 Å². The van der Waals surface area contributed by atoms with E-state index >= 15 is 0 Å². The normalized spacial score (nSPS) is 18.8. The summed E-state index contributed by atoms with van der Waals surface area (Å²) < 4.78 is 0. The van der Waals surface area contributed by atoms with E-state index in [1.807, 2.05) is 26.4 Å². The molecule has 0 aromatic heterocycles. The second kappa shape index (κ2) is 1.99. The molecule has 1 heterocycles. The molecule has 0 saturated carbocycles. The van der Waals surface area contributed by atoms with E-state index in [2.05, 4.69) is 9.89 Å². The minimum atomic E-state index is 0.942. The van der Waals surface area contributed by atoms with Crippen LogP contribution in [0.4, 0.5) is 0 Å². The molecule has 1 rings (SSSR count). The molecule has 0 aliphatic carbocycles. The fourth-order valence-corrected chi connectivity index (χ4v) is 0.719. The van der Waals surface area contributed by atoms with Gasteiger partial charge in [-0.1, -0.05) is 0 Å². The molecule has 43 valence electrons. The van der Waals surface area contributed by atoms with Crippen LogP contribution in [0.3, 0.4) is 0 Å². The zero-order chi connectivity index (χ0) is 5.98. The molecule has 8 heavy (non-hydrogen) atoms. The van der Waals surface area contributed by atoms with E-state index in [4.69, 9.17) is 0 Å². The van der Waals surface area contributed by atoms with Crippen molar-refractivity contribution >= 4 is 6.21 Å². The van der Waals surface area contributed by atoms with Gasteiger partial charge in [-0.3, -0.25) is 0 Å². The van der Waals surface area contributed by atoms with Crippen LogP contribution in [0.2, 0.25) is 0 Å². The lowest BCUT2D eigenvalue weighted by atomic mass is 10.4. The first kappa shape index (κ1) is 5.35. The summed E-state index contributed by atoms with van der Waals surface area (Å²) in [6, 6.07) is 0. The summed E-state index contributed by atoms with van der Waals surface area (Å²) in [5, 5.41) is 0.